The first-order valence-corrected chi connectivity index (χ1v) is 3.76. The number of hydrogen-bond acceptors (Lipinski definition) is 1. The second kappa shape index (κ2) is 3.89. The largest absolute Gasteiger partial charge is 0.376 e. The summed E-state index contributed by atoms with van der Waals surface area (Å²) in [5, 5.41) is 0. The zero-order valence-electron chi connectivity index (χ0n) is 7.03. The summed E-state index contributed by atoms with van der Waals surface area (Å²) in [6.07, 6.45) is 2.36. The van der Waals surface area contributed by atoms with Crippen LogP contribution in [0.3, 0.4) is 0 Å². The summed E-state index contributed by atoms with van der Waals surface area (Å²) < 4.78 is 5.47. The molecule has 0 heterocycles. The van der Waals surface area contributed by atoms with Crippen LogP contribution in [0.2, 0.25) is 0 Å². The maximum Gasteiger partial charge on any atom is 0.0626 e. The van der Waals surface area contributed by atoms with Gasteiger partial charge in [0.15, 0.2) is 0 Å². The van der Waals surface area contributed by atoms with E-state index >= 15 is 0 Å². The van der Waals surface area contributed by atoms with E-state index in [1.54, 1.807) is 0 Å². The van der Waals surface area contributed by atoms with Crippen LogP contribution in [0.5, 0.6) is 0 Å². The first-order chi connectivity index (χ1) is 4.12. The summed E-state index contributed by atoms with van der Waals surface area (Å²) in [5.41, 5.74) is 0.101. The molecule has 9 heavy (non-hydrogen) atoms. The van der Waals surface area contributed by atoms with E-state index in [0.717, 1.165) is 13.0 Å². The molecule has 1 heteroatoms. The van der Waals surface area contributed by atoms with Crippen LogP contribution >= 0.6 is 0 Å². The average Bonchev–Trinajstić information content (AvgIpc) is 1.64. The van der Waals surface area contributed by atoms with Crippen molar-refractivity contribution in [3.8, 4) is 0 Å². The van der Waals surface area contributed by atoms with E-state index in [1.807, 2.05) is 6.92 Å². The topological polar surface area (TPSA) is 9.23 Å². The molecule has 0 aliphatic heterocycles. The van der Waals surface area contributed by atoms with Gasteiger partial charge in [-0.1, -0.05) is 13.3 Å². The van der Waals surface area contributed by atoms with Crippen molar-refractivity contribution in [1.82, 2.24) is 0 Å². The van der Waals surface area contributed by atoms with Crippen LogP contribution in [0.15, 0.2) is 0 Å². The van der Waals surface area contributed by atoms with Gasteiger partial charge in [0.05, 0.1) is 5.60 Å². The fourth-order valence-corrected chi connectivity index (χ4v) is 1.06. The lowest BCUT2D eigenvalue weighted by atomic mass is 10.0. The third-order valence-corrected chi connectivity index (χ3v) is 1.39. The van der Waals surface area contributed by atoms with Crippen molar-refractivity contribution in [2.24, 2.45) is 0 Å². The Kier molecular flexibility index (Phi) is 3.87. The van der Waals surface area contributed by atoms with Gasteiger partial charge in [-0.05, 0) is 27.2 Å². The van der Waals surface area contributed by atoms with E-state index < -0.39 is 0 Å². The van der Waals surface area contributed by atoms with E-state index in [4.69, 9.17) is 4.74 Å². The van der Waals surface area contributed by atoms with Crippen LogP contribution in [0.4, 0.5) is 0 Å². The summed E-state index contributed by atoms with van der Waals surface area (Å²) in [7, 11) is 0. The van der Waals surface area contributed by atoms with Crippen molar-refractivity contribution in [2.75, 3.05) is 6.61 Å². The summed E-state index contributed by atoms with van der Waals surface area (Å²) in [5.74, 6) is 0. The Bertz CT molecular complexity index is 59.0. The minimum absolute atomic E-state index is 0.101. The smallest absolute Gasteiger partial charge is 0.0626 e. The van der Waals surface area contributed by atoms with Gasteiger partial charge in [0.2, 0.25) is 0 Å². The van der Waals surface area contributed by atoms with Crippen LogP contribution in [-0.4, -0.2) is 12.2 Å². The molecule has 0 unspecified atom stereocenters. The molecule has 0 aromatic rings. The van der Waals surface area contributed by atoms with Gasteiger partial charge < -0.3 is 4.74 Å². The Morgan fingerprint density at radius 1 is 1.22 bits per heavy atom. The van der Waals surface area contributed by atoms with Crippen molar-refractivity contribution in [3.63, 3.8) is 0 Å². The van der Waals surface area contributed by atoms with Crippen LogP contribution in [0.1, 0.15) is 40.5 Å². The Balaban J connectivity index is 3.43. The predicted octanol–water partition coefficient (Wildman–Crippen LogP) is 2.60. The van der Waals surface area contributed by atoms with Crippen molar-refractivity contribution in [2.45, 2.75) is 46.1 Å². The second-order valence-corrected chi connectivity index (χ2v) is 2.94. The van der Waals surface area contributed by atoms with Crippen molar-refractivity contribution in [1.29, 1.82) is 0 Å². The standard InChI is InChI=1S/C8H18O/c1-5-7-8(3,4)9-6-2/h5-7H2,1-4H3. The SMILES string of the molecule is CCCC(C)(C)OCC. The summed E-state index contributed by atoms with van der Waals surface area (Å²) in [6.45, 7) is 9.32. The third-order valence-electron chi connectivity index (χ3n) is 1.39. The normalized spacial score (nSPS) is 12.0. The minimum Gasteiger partial charge on any atom is -0.376 e. The molecule has 56 valence electrons. The number of ether oxygens (including phenoxy) is 1. The Morgan fingerprint density at radius 3 is 2.11 bits per heavy atom. The van der Waals surface area contributed by atoms with Crippen LogP contribution in [-0.2, 0) is 4.74 Å². The molecule has 0 aliphatic carbocycles. The monoisotopic (exact) mass is 130 g/mol. The van der Waals surface area contributed by atoms with Gasteiger partial charge in [-0.3, -0.25) is 0 Å². The van der Waals surface area contributed by atoms with Crippen molar-refractivity contribution in [3.05, 3.63) is 0 Å². The minimum atomic E-state index is 0.101. The first-order valence-electron chi connectivity index (χ1n) is 3.76. The molecule has 0 rings (SSSR count). The summed E-state index contributed by atoms with van der Waals surface area (Å²) in [4.78, 5) is 0. The van der Waals surface area contributed by atoms with Crippen LogP contribution < -0.4 is 0 Å². The molecule has 0 aliphatic rings. The fraction of sp³-hybridized carbons (Fsp3) is 1.00. The Morgan fingerprint density at radius 2 is 1.78 bits per heavy atom. The molecule has 0 spiro atoms. The van der Waals surface area contributed by atoms with E-state index in [-0.39, 0.29) is 5.60 Å². The molecule has 0 radical (unpaired) electrons. The Labute approximate surface area is 58.4 Å². The summed E-state index contributed by atoms with van der Waals surface area (Å²) >= 11 is 0. The molecule has 1 nitrogen and oxygen atoms in total. The quantitative estimate of drug-likeness (QED) is 0.568. The van der Waals surface area contributed by atoms with E-state index in [0.29, 0.717) is 0 Å². The van der Waals surface area contributed by atoms with Gasteiger partial charge >= 0.3 is 0 Å². The number of rotatable bonds is 4. The lowest BCUT2D eigenvalue weighted by Crippen LogP contribution is -2.23. The lowest BCUT2D eigenvalue weighted by Gasteiger charge is -2.23. The van der Waals surface area contributed by atoms with Gasteiger partial charge in [-0.2, -0.15) is 0 Å². The maximum atomic E-state index is 5.47. The van der Waals surface area contributed by atoms with Gasteiger partial charge in [0.25, 0.3) is 0 Å². The van der Waals surface area contributed by atoms with Crippen LogP contribution in [0, 0.1) is 0 Å². The average molecular weight is 130 g/mol. The molecule has 0 bridgehead atoms. The van der Waals surface area contributed by atoms with Gasteiger partial charge in [0.1, 0.15) is 0 Å². The highest BCUT2D eigenvalue weighted by Gasteiger charge is 2.14. The summed E-state index contributed by atoms with van der Waals surface area (Å²) in [6, 6.07) is 0. The van der Waals surface area contributed by atoms with Gasteiger partial charge in [-0.25, -0.2) is 0 Å². The maximum absolute atomic E-state index is 5.47. The lowest BCUT2D eigenvalue weighted by molar-refractivity contribution is -0.0165. The molecule has 0 fully saturated rings. The van der Waals surface area contributed by atoms with E-state index in [9.17, 15) is 0 Å². The molecule has 0 saturated carbocycles. The van der Waals surface area contributed by atoms with Gasteiger partial charge in [-0.15, -0.1) is 0 Å². The van der Waals surface area contributed by atoms with E-state index in [1.165, 1.54) is 6.42 Å². The fourth-order valence-electron chi connectivity index (χ4n) is 1.06. The van der Waals surface area contributed by atoms with Crippen molar-refractivity contribution < 1.29 is 4.74 Å². The highest BCUT2D eigenvalue weighted by molar-refractivity contribution is 4.66. The zero-order valence-corrected chi connectivity index (χ0v) is 7.03. The predicted molar refractivity (Wildman–Crippen MR) is 40.6 cm³/mol. The van der Waals surface area contributed by atoms with E-state index in [2.05, 4.69) is 20.8 Å². The Hall–Kier alpha value is -0.0400. The first kappa shape index (κ1) is 8.96. The molecule has 0 atom stereocenters. The molecule has 0 N–H and O–H groups in total. The highest BCUT2D eigenvalue weighted by Crippen LogP contribution is 2.15. The molecular weight excluding hydrogens is 112 g/mol. The van der Waals surface area contributed by atoms with Gasteiger partial charge in [0, 0.05) is 6.61 Å². The third kappa shape index (κ3) is 4.46. The highest BCUT2D eigenvalue weighted by atomic mass is 16.5. The van der Waals surface area contributed by atoms with Crippen LogP contribution in [0.25, 0.3) is 0 Å². The molecule has 0 amide bonds. The van der Waals surface area contributed by atoms with Crippen molar-refractivity contribution >= 4 is 0 Å². The zero-order chi connectivity index (χ0) is 7.33. The number of hydrogen-bond donors (Lipinski definition) is 0. The molecule has 0 saturated heterocycles. The molecular formula is C8H18O. The molecule has 0 aromatic carbocycles. The molecule has 0 aromatic heterocycles. The second-order valence-electron chi connectivity index (χ2n) is 2.94.